The van der Waals surface area contributed by atoms with Crippen molar-refractivity contribution in [1.29, 1.82) is 0 Å². The zero-order valence-electron chi connectivity index (χ0n) is 11.2. The number of urea groups is 1. The summed E-state index contributed by atoms with van der Waals surface area (Å²) in [5, 5.41) is 8.33. The molecular formula is C13H18ClN3O2. The van der Waals surface area contributed by atoms with E-state index in [1.54, 1.807) is 19.1 Å². The van der Waals surface area contributed by atoms with Crippen LogP contribution in [0.5, 0.6) is 0 Å². The molecule has 0 saturated heterocycles. The Hall–Kier alpha value is -1.59. The molecule has 19 heavy (non-hydrogen) atoms. The number of benzene rings is 1. The quantitative estimate of drug-likeness (QED) is 0.790. The number of amides is 3. The third-order valence-electron chi connectivity index (χ3n) is 2.73. The minimum atomic E-state index is -0.516. The molecule has 0 aliphatic carbocycles. The molecule has 0 fully saturated rings. The van der Waals surface area contributed by atoms with Gasteiger partial charge in [0.05, 0.1) is 6.04 Å². The van der Waals surface area contributed by atoms with Crippen LogP contribution in [-0.4, -0.2) is 25.0 Å². The maximum absolute atomic E-state index is 11.7. The highest BCUT2D eigenvalue weighted by Crippen LogP contribution is 2.16. The lowest BCUT2D eigenvalue weighted by Crippen LogP contribution is -2.47. The van der Waals surface area contributed by atoms with Crippen molar-refractivity contribution in [3.05, 3.63) is 34.9 Å². The fourth-order valence-corrected chi connectivity index (χ4v) is 1.71. The van der Waals surface area contributed by atoms with Gasteiger partial charge in [-0.1, -0.05) is 23.7 Å². The first-order valence-electron chi connectivity index (χ1n) is 5.98. The lowest BCUT2D eigenvalue weighted by Gasteiger charge is -2.19. The number of imide groups is 1. The maximum Gasteiger partial charge on any atom is 0.321 e. The van der Waals surface area contributed by atoms with E-state index in [1.807, 2.05) is 19.1 Å². The molecule has 3 N–H and O–H groups in total. The van der Waals surface area contributed by atoms with Crippen LogP contribution in [0.25, 0.3) is 0 Å². The Morgan fingerprint density at radius 3 is 2.26 bits per heavy atom. The van der Waals surface area contributed by atoms with Crippen LogP contribution in [0.15, 0.2) is 24.3 Å². The van der Waals surface area contributed by atoms with Gasteiger partial charge in [0.2, 0.25) is 5.91 Å². The van der Waals surface area contributed by atoms with Gasteiger partial charge >= 0.3 is 6.03 Å². The number of rotatable bonds is 4. The Labute approximate surface area is 117 Å². The third kappa shape index (κ3) is 4.89. The van der Waals surface area contributed by atoms with Crippen molar-refractivity contribution in [2.24, 2.45) is 0 Å². The summed E-state index contributed by atoms with van der Waals surface area (Å²) in [7, 11) is 1.46. The second-order valence-electron chi connectivity index (χ2n) is 4.23. The highest BCUT2D eigenvalue weighted by atomic mass is 35.5. The van der Waals surface area contributed by atoms with Gasteiger partial charge < -0.3 is 5.32 Å². The second-order valence-corrected chi connectivity index (χ2v) is 4.67. The largest absolute Gasteiger partial charge is 0.341 e. The van der Waals surface area contributed by atoms with Crippen molar-refractivity contribution >= 4 is 23.5 Å². The summed E-state index contributed by atoms with van der Waals surface area (Å²) in [4.78, 5) is 22.7. The molecule has 0 saturated carbocycles. The molecule has 2 unspecified atom stereocenters. The molecule has 1 aromatic rings. The zero-order valence-corrected chi connectivity index (χ0v) is 11.9. The predicted molar refractivity (Wildman–Crippen MR) is 75.1 cm³/mol. The average Bonchev–Trinajstić information content (AvgIpc) is 2.38. The fourth-order valence-electron chi connectivity index (χ4n) is 1.58. The molecule has 0 aliphatic rings. The van der Waals surface area contributed by atoms with Crippen LogP contribution >= 0.6 is 11.6 Å². The lowest BCUT2D eigenvalue weighted by atomic mass is 10.1. The van der Waals surface area contributed by atoms with Crippen LogP contribution in [0, 0.1) is 0 Å². The Balaban J connectivity index is 2.56. The normalized spacial score (nSPS) is 13.5. The van der Waals surface area contributed by atoms with Crippen LogP contribution in [0.1, 0.15) is 25.5 Å². The summed E-state index contributed by atoms with van der Waals surface area (Å²) < 4.78 is 0. The van der Waals surface area contributed by atoms with Crippen LogP contribution in [0.3, 0.4) is 0 Å². The molecule has 0 spiro atoms. The Bertz CT molecular complexity index is 448. The van der Waals surface area contributed by atoms with Crippen molar-refractivity contribution in [2.45, 2.75) is 25.9 Å². The number of halogens is 1. The smallest absolute Gasteiger partial charge is 0.321 e. The highest BCUT2D eigenvalue weighted by molar-refractivity contribution is 6.30. The van der Waals surface area contributed by atoms with E-state index in [0.717, 1.165) is 5.56 Å². The molecule has 2 atom stereocenters. The van der Waals surface area contributed by atoms with Gasteiger partial charge in [-0.3, -0.25) is 15.4 Å². The molecular weight excluding hydrogens is 266 g/mol. The lowest BCUT2D eigenvalue weighted by molar-refractivity contribution is -0.121. The minimum Gasteiger partial charge on any atom is -0.341 e. The minimum absolute atomic E-state index is 0.0253. The van der Waals surface area contributed by atoms with Crippen molar-refractivity contribution in [2.75, 3.05) is 7.05 Å². The van der Waals surface area contributed by atoms with Crippen molar-refractivity contribution in [3.63, 3.8) is 0 Å². The zero-order chi connectivity index (χ0) is 14.4. The number of carbonyl (C=O) groups is 2. The second kappa shape index (κ2) is 7.11. The van der Waals surface area contributed by atoms with E-state index >= 15 is 0 Å². The van der Waals surface area contributed by atoms with Gasteiger partial charge in [0.1, 0.15) is 0 Å². The highest BCUT2D eigenvalue weighted by Gasteiger charge is 2.17. The van der Waals surface area contributed by atoms with E-state index in [-0.39, 0.29) is 11.9 Å². The van der Waals surface area contributed by atoms with E-state index in [1.165, 1.54) is 7.05 Å². The molecule has 3 amide bonds. The maximum atomic E-state index is 11.7. The van der Waals surface area contributed by atoms with E-state index in [9.17, 15) is 9.59 Å². The van der Waals surface area contributed by atoms with E-state index in [4.69, 9.17) is 11.6 Å². The summed E-state index contributed by atoms with van der Waals surface area (Å²) in [6.07, 6.45) is 0. The van der Waals surface area contributed by atoms with E-state index < -0.39 is 12.1 Å². The first-order valence-corrected chi connectivity index (χ1v) is 6.36. The Kier molecular flexibility index (Phi) is 5.79. The predicted octanol–water partition coefficient (Wildman–Crippen LogP) is 1.83. The molecule has 1 rings (SSSR count). The Morgan fingerprint density at radius 1 is 1.16 bits per heavy atom. The van der Waals surface area contributed by atoms with Crippen LogP contribution < -0.4 is 16.0 Å². The number of hydrogen-bond acceptors (Lipinski definition) is 3. The van der Waals surface area contributed by atoms with Gasteiger partial charge in [0.25, 0.3) is 0 Å². The first kappa shape index (κ1) is 15.5. The topological polar surface area (TPSA) is 70.2 Å². The van der Waals surface area contributed by atoms with Gasteiger partial charge in [0, 0.05) is 18.1 Å². The molecule has 0 aliphatic heterocycles. The number of carbonyl (C=O) groups excluding carboxylic acids is 2. The SMILES string of the molecule is CNC(=O)NC(=O)C(C)NC(C)c1ccc(Cl)cc1. The van der Waals surface area contributed by atoms with Gasteiger partial charge in [-0.25, -0.2) is 4.79 Å². The summed E-state index contributed by atoms with van der Waals surface area (Å²) >= 11 is 5.82. The van der Waals surface area contributed by atoms with E-state index in [2.05, 4.69) is 16.0 Å². The van der Waals surface area contributed by atoms with Gasteiger partial charge in [-0.2, -0.15) is 0 Å². The third-order valence-corrected chi connectivity index (χ3v) is 2.98. The fraction of sp³-hybridized carbons (Fsp3) is 0.385. The van der Waals surface area contributed by atoms with E-state index in [0.29, 0.717) is 5.02 Å². The van der Waals surface area contributed by atoms with Gasteiger partial charge in [-0.15, -0.1) is 0 Å². The number of nitrogens with one attached hydrogen (secondary N) is 3. The molecule has 0 aromatic heterocycles. The average molecular weight is 284 g/mol. The molecule has 104 valence electrons. The number of hydrogen-bond donors (Lipinski definition) is 3. The van der Waals surface area contributed by atoms with Crippen LogP contribution in [0.4, 0.5) is 4.79 Å². The summed E-state index contributed by atoms with van der Waals surface area (Å²) in [5.41, 5.74) is 1.02. The summed E-state index contributed by atoms with van der Waals surface area (Å²) in [6.45, 7) is 3.64. The molecule has 0 heterocycles. The van der Waals surface area contributed by atoms with Crippen molar-refractivity contribution < 1.29 is 9.59 Å². The molecule has 0 radical (unpaired) electrons. The van der Waals surface area contributed by atoms with Crippen LogP contribution in [-0.2, 0) is 4.79 Å². The molecule has 5 nitrogen and oxygen atoms in total. The Morgan fingerprint density at radius 2 is 1.74 bits per heavy atom. The summed E-state index contributed by atoms with van der Waals surface area (Å²) in [5.74, 6) is -0.375. The monoisotopic (exact) mass is 283 g/mol. The molecule has 1 aromatic carbocycles. The van der Waals surface area contributed by atoms with Crippen molar-refractivity contribution in [3.8, 4) is 0 Å². The molecule has 0 bridgehead atoms. The molecule has 6 heteroatoms. The standard InChI is InChI=1S/C13H18ClN3O2/c1-8(10-4-6-11(14)7-5-10)16-9(2)12(18)17-13(19)15-3/h4-9,16H,1-3H3,(H2,15,17,18,19). The van der Waals surface area contributed by atoms with Crippen molar-refractivity contribution in [1.82, 2.24) is 16.0 Å². The van der Waals surface area contributed by atoms with Gasteiger partial charge in [0.15, 0.2) is 0 Å². The first-order chi connectivity index (χ1) is 8.93. The van der Waals surface area contributed by atoms with Crippen LogP contribution in [0.2, 0.25) is 5.02 Å². The van der Waals surface area contributed by atoms with Gasteiger partial charge in [-0.05, 0) is 31.5 Å². The summed E-state index contributed by atoms with van der Waals surface area (Å²) in [6, 6.07) is 6.35.